The first-order valence-corrected chi connectivity index (χ1v) is 4.11. The number of fused-ring (bicyclic) bond motifs is 2. The van der Waals surface area contributed by atoms with Crippen molar-refractivity contribution in [3.05, 3.63) is 0 Å². The average molecular weight is 140 g/mol. The summed E-state index contributed by atoms with van der Waals surface area (Å²) in [6, 6.07) is 1.71. The molecule has 2 saturated heterocycles. The highest BCUT2D eigenvalue weighted by Gasteiger charge is 2.48. The molecule has 2 aliphatic rings. The summed E-state index contributed by atoms with van der Waals surface area (Å²) in [6.07, 6.45) is 2.50. The average Bonchev–Trinajstić information content (AvgIpc) is 2.18. The number of hydrogen-bond donors (Lipinski definition) is 2. The molecule has 0 saturated carbocycles. The van der Waals surface area contributed by atoms with Gasteiger partial charge in [-0.25, -0.2) is 0 Å². The van der Waals surface area contributed by atoms with Gasteiger partial charge in [-0.3, -0.25) is 0 Å². The number of nitrogens with two attached hydrogens (primary N) is 1. The first-order valence-electron chi connectivity index (χ1n) is 4.11. The fraction of sp³-hybridized carbons (Fsp3) is 1.00. The first kappa shape index (κ1) is 6.62. The van der Waals surface area contributed by atoms with Crippen LogP contribution in [0, 0.1) is 5.41 Å². The van der Waals surface area contributed by atoms with Crippen LogP contribution in [0.5, 0.6) is 0 Å². The summed E-state index contributed by atoms with van der Waals surface area (Å²) in [5, 5.41) is 3.54. The zero-order valence-electron chi connectivity index (χ0n) is 6.72. The molecule has 3 atom stereocenters. The van der Waals surface area contributed by atoms with Crippen molar-refractivity contribution in [2.24, 2.45) is 11.1 Å². The molecule has 2 heteroatoms. The Balaban J connectivity index is 2.20. The van der Waals surface area contributed by atoms with E-state index < -0.39 is 0 Å². The molecule has 0 aromatic heterocycles. The van der Waals surface area contributed by atoms with Gasteiger partial charge in [-0.05, 0) is 18.3 Å². The molecule has 0 aromatic rings. The summed E-state index contributed by atoms with van der Waals surface area (Å²) >= 11 is 0. The Morgan fingerprint density at radius 2 is 2.20 bits per heavy atom. The molecule has 2 rings (SSSR count). The van der Waals surface area contributed by atoms with E-state index in [2.05, 4.69) is 19.2 Å². The molecular formula is C8H16N2. The maximum Gasteiger partial charge on any atom is 0.0273 e. The summed E-state index contributed by atoms with van der Waals surface area (Å²) in [4.78, 5) is 0. The Bertz CT molecular complexity index is 153. The van der Waals surface area contributed by atoms with Gasteiger partial charge in [0, 0.05) is 18.1 Å². The molecule has 0 aromatic carbocycles. The smallest absolute Gasteiger partial charge is 0.0273 e. The Morgan fingerprint density at radius 3 is 2.50 bits per heavy atom. The highest BCUT2D eigenvalue weighted by Crippen LogP contribution is 2.41. The van der Waals surface area contributed by atoms with Crippen molar-refractivity contribution in [2.75, 3.05) is 0 Å². The monoisotopic (exact) mass is 140 g/mol. The number of nitrogens with one attached hydrogen (secondary N) is 1. The molecular weight excluding hydrogens is 124 g/mol. The van der Waals surface area contributed by atoms with E-state index >= 15 is 0 Å². The Kier molecular flexibility index (Phi) is 1.15. The Morgan fingerprint density at radius 1 is 1.50 bits per heavy atom. The van der Waals surface area contributed by atoms with Gasteiger partial charge in [-0.15, -0.1) is 0 Å². The third-order valence-electron chi connectivity index (χ3n) is 3.01. The van der Waals surface area contributed by atoms with Gasteiger partial charge < -0.3 is 11.1 Å². The van der Waals surface area contributed by atoms with E-state index in [0.717, 1.165) is 6.04 Å². The fourth-order valence-corrected chi connectivity index (χ4v) is 2.62. The van der Waals surface area contributed by atoms with Crippen LogP contribution in [-0.4, -0.2) is 18.1 Å². The third kappa shape index (κ3) is 0.722. The molecule has 0 amide bonds. The molecule has 2 bridgehead atoms. The zero-order valence-corrected chi connectivity index (χ0v) is 6.72. The molecule has 2 nitrogen and oxygen atoms in total. The normalized spacial score (nSPS) is 50.1. The van der Waals surface area contributed by atoms with E-state index in [1.807, 2.05) is 0 Å². The van der Waals surface area contributed by atoms with Gasteiger partial charge in [0.15, 0.2) is 0 Å². The maximum absolute atomic E-state index is 5.93. The van der Waals surface area contributed by atoms with E-state index in [1.54, 1.807) is 0 Å². The van der Waals surface area contributed by atoms with Crippen LogP contribution in [-0.2, 0) is 0 Å². The van der Waals surface area contributed by atoms with Crippen molar-refractivity contribution in [1.82, 2.24) is 5.32 Å². The SMILES string of the molecule is CC1(C)CC2CC(N)C1N2. The van der Waals surface area contributed by atoms with Crippen molar-refractivity contribution < 1.29 is 0 Å². The third-order valence-corrected chi connectivity index (χ3v) is 3.01. The molecule has 58 valence electrons. The highest BCUT2D eigenvalue weighted by molar-refractivity contribution is 5.08. The second kappa shape index (κ2) is 1.74. The standard InChI is InChI=1S/C8H16N2/c1-8(2)4-5-3-6(9)7(8)10-5/h5-7,10H,3-4,9H2,1-2H3. The topological polar surface area (TPSA) is 38.0 Å². The summed E-state index contributed by atoms with van der Waals surface area (Å²) < 4.78 is 0. The van der Waals surface area contributed by atoms with Crippen LogP contribution < -0.4 is 11.1 Å². The van der Waals surface area contributed by atoms with Crippen molar-refractivity contribution in [2.45, 2.75) is 44.8 Å². The number of hydrogen-bond acceptors (Lipinski definition) is 2. The lowest BCUT2D eigenvalue weighted by atomic mass is 9.75. The van der Waals surface area contributed by atoms with E-state index in [-0.39, 0.29) is 0 Å². The Labute approximate surface area is 62.2 Å². The van der Waals surface area contributed by atoms with Crippen LogP contribution in [0.4, 0.5) is 0 Å². The minimum atomic E-state index is 0.411. The van der Waals surface area contributed by atoms with Crippen LogP contribution in [0.2, 0.25) is 0 Å². The van der Waals surface area contributed by atoms with E-state index in [4.69, 9.17) is 5.73 Å². The summed E-state index contributed by atoms with van der Waals surface area (Å²) in [6.45, 7) is 4.62. The van der Waals surface area contributed by atoms with Crippen LogP contribution in [0.3, 0.4) is 0 Å². The van der Waals surface area contributed by atoms with Gasteiger partial charge >= 0.3 is 0 Å². The molecule has 2 aliphatic heterocycles. The molecule has 2 fully saturated rings. The van der Waals surface area contributed by atoms with Gasteiger partial charge in [0.05, 0.1) is 0 Å². The molecule has 3 N–H and O–H groups in total. The van der Waals surface area contributed by atoms with Crippen molar-refractivity contribution in [3.63, 3.8) is 0 Å². The lowest BCUT2D eigenvalue weighted by Crippen LogP contribution is -2.44. The zero-order chi connectivity index (χ0) is 7.35. The van der Waals surface area contributed by atoms with Crippen LogP contribution in [0.15, 0.2) is 0 Å². The molecule has 0 spiro atoms. The van der Waals surface area contributed by atoms with Crippen LogP contribution in [0.25, 0.3) is 0 Å². The summed E-state index contributed by atoms with van der Waals surface area (Å²) in [5.41, 5.74) is 6.38. The van der Waals surface area contributed by atoms with Gasteiger partial charge in [-0.2, -0.15) is 0 Å². The van der Waals surface area contributed by atoms with Gasteiger partial charge in [0.1, 0.15) is 0 Å². The Hall–Kier alpha value is -0.0800. The molecule has 0 radical (unpaired) electrons. The lowest BCUT2D eigenvalue weighted by Gasteiger charge is -2.32. The fourth-order valence-electron chi connectivity index (χ4n) is 2.62. The van der Waals surface area contributed by atoms with Crippen molar-refractivity contribution >= 4 is 0 Å². The molecule has 3 unspecified atom stereocenters. The molecule has 0 aliphatic carbocycles. The van der Waals surface area contributed by atoms with E-state index in [0.29, 0.717) is 17.5 Å². The predicted octanol–water partition coefficient (Wildman–Crippen LogP) is 0.474. The largest absolute Gasteiger partial charge is 0.326 e. The van der Waals surface area contributed by atoms with Gasteiger partial charge in [-0.1, -0.05) is 13.8 Å². The lowest BCUT2D eigenvalue weighted by molar-refractivity contribution is 0.255. The van der Waals surface area contributed by atoms with E-state index in [9.17, 15) is 0 Å². The predicted molar refractivity (Wildman–Crippen MR) is 41.7 cm³/mol. The second-order valence-electron chi connectivity index (χ2n) is 4.43. The van der Waals surface area contributed by atoms with Gasteiger partial charge in [0.2, 0.25) is 0 Å². The first-order chi connectivity index (χ1) is 4.59. The minimum Gasteiger partial charge on any atom is -0.326 e. The highest BCUT2D eigenvalue weighted by atomic mass is 15.1. The quantitative estimate of drug-likeness (QED) is 0.513. The van der Waals surface area contributed by atoms with Crippen molar-refractivity contribution in [1.29, 1.82) is 0 Å². The maximum atomic E-state index is 5.93. The van der Waals surface area contributed by atoms with Crippen LogP contribution in [0.1, 0.15) is 26.7 Å². The second-order valence-corrected chi connectivity index (χ2v) is 4.43. The van der Waals surface area contributed by atoms with Gasteiger partial charge in [0.25, 0.3) is 0 Å². The van der Waals surface area contributed by atoms with Crippen LogP contribution >= 0.6 is 0 Å². The minimum absolute atomic E-state index is 0.411. The van der Waals surface area contributed by atoms with Crippen molar-refractivity contribution in [3.8, 4) is 0 Å². The summed E-state index contributed by atoms with van der Waals surface area (Å²) in [5.74, 6) is 0. The molecule has 10 heavy (non-hydrogen) atoms. The van der Waals surface area contributed by atoms with E-state index in [1.165, 1.54) is 12.8 Å². The number of rotatable bonds is 0. The summed E-state index contributed by atoms with van der Waals surface area (Å²) in [7, 11) is 0. The molecule has 2 heterocycles.